The van der Waals surface area contributed by atoms with Crippen LogP contribution in [0.2, 0.25) is 0 Å². The minimum atomic E-state index is -1.92. The molecule has 1 heterocycles. The molecule has 12 heteroatoms. The molecule has 6 atom stereocenters. The molecule has 1 fully saturated rings. The Hall–Kier alpha value is -5.14. The van der Waals surface area contributed by atoms with Crippen LogP contribution in [0.5, 0.6) is 0 Å². The van der Waals surface area contributed by atoms with Crippen molar-refractivity contribution in [3.05, 3.63) is 134 Å². The van der Waals surface area contributed by atoms with E-state index in [1.807, 2.05) is 0 Å². The van der Waals surface area contributed by atoms with Gasteiger partial charge in [-0.2, -0.15) is 0 Å². The quantitative estimate of drug-likeness (QED) is 0.0228. The maximum Gasteiger partial charge on any atom is 0.335 e. The van der Waals surface area contributed by atoms with Gasteiger partial charge in [0.1, 0.15) is 18.8 Å². The minimum absolute atomic E-state index is 0.0340. The van der Waals surface area contributed by atoms with Gasteiger partial charge < -0.3 is 39.0 Å². The second-order valence-electron chi connectivity index (χ2n) is 19.8. The maximum absolute atomic E-state index is 13.1. The van der Waals surface area contributed by atoms with Crippen molar-refractivity contribution in [3.63, 3.8) is 0 Å². The summed E-state index contributed by atoms with van der Waals surface area (Å²) in [7, 11) is 0. The van der Waals surface area contributed by atoms with E-state index in [0.717, 1.165) is 154 Å². The number of aliphatic carboxylic acids is 1. The molecule has 444 valence electrons. The van der Waals surface area contributed by atoms with Crippen molar-refractivity contribution in [3.8, 4) is 0 Å². The Bertz CT molecular complexity index is 1880. The van der Waals surface area contributed by atoms with E-state index in [1.165, 1.54) is 0 Å². The molecule has 0 aliphatic carbocycles. The van der Waals surface area contributed by atoms with Crippen LogP contribution >= 0.6 is 0 Å². The molecule has 3 N–H and O–H groups in total. The van der Waals surface area contributed by atoms with Crippen LogP contribution in [0.1, 0.15) is 213 Å². The molecule has 0 amide bonds. The summed E-state index contributed by atoms with van der Waals surface area (Å²) in [5.74, 6) is -3.24. The van der Waals surface area contributed by atoms with Gasteiger partial charge in [-0.25, -0.2) is 4.79 Å². The molecule has 0 aromatic carbocycles. The normalized spacial score (nSPS) is 18.8. The summed E-state index contributed by atoms with van der Waals surface area (Å²) in [6.07, 6.45) is 62.7. The van der Waals surface area contributed by atoms with Gasteiger partial charge in [-0.15, -0.1) is 0 Å². The summed E-state index contributed by atoms with van der Waals surface area (Å²) in [5, 5.41) is 31.5. The van der Waals surface area contributed by atoms with Crippen molar-refractivity contribution < 1.29 is 58.2 Å². The first kappa shape index (κ1) is 71.9. The molecular weight excluding hydrogens is 997 g/mol. The molecule has 6 unspecified atom stereocenters. The van der Waals surface area contributed by atoms with Gasteiger partial charge in [0, 0.05) is 19.3 Å². The molecule has 0 aromatic heterocycles. The highest BCUT2D eigenvalue weighted by Gasteiger charge is 2.50. The lowest BCUT2D eigenvalue weighted by atomic mass is 9.98. The maximum atomic E-state index is 13.1. The zero-order chi connectivity index (χ0) is 57.5. The SMILES string of the molecule is CC/C=C\C/C=C\C/C=C\C/C=C\CCCCCCC(=O)OCC(COC1OC(C(=O)O)C(O)C(O)C1OC(=O)CCCCCCCCC/C=C\C/C=C\C/C=C\CC)OC(=O)CCCC/C=C\C/C=C\C/C=C\C/C=C\CC. The number of hydrogen-bond acceptors (Lipinski definition) is 11. The van der Waals surface area contributed by atoms with Gasteiger partial charge in [-0.3, -0.25) is 14.4 Å². The minimum Gasteiger partial charge on any atom is -0.479 e. The molecule has 1 aliphatic heterocycles. The van der Waals surface area contributed by atoms with Crippen LogP contribution in [-0.4, -0.2) is 89.2 Å². The number of hydrogen-bond donors (Lipinski definition) is 3. The predicted octanol–water partition coefficient (Wildman–Crippen LogP) is 15.8. The van der Waals surface area contributed by atoms with E-state index in [0.29, 0.717) is 19.3 Å². The number of rotatable bonds is 49. The zero-order valence-corrected chi connectivity index (χ0v) is 48.8. The molecule has 79 heavy (non-hydrogen) atoms. The number of aliphatic hydroxyl groups excluding tert-OH is 2. The molecule has 0 bridgehead atoms. The molecule has 1 aliphatic rings. The highest BCUT2D eigenvalue weighted by Crippen LogP contribution is 2.26. The number of carbonyl (C=O) groups is 4. The number of allylic oxidation sites excluding steroid dienone is 22. The molecule has 0 radical (unpaired) electrons. The summed E-state index contributed by atoms with van der Waals surface area (Å²) >= 11 is 0. The number of ether oxygens (including phenoxy) is 5. The van der Waals surface area contributed by atoms with Crippen LogP contribution < -0.4 is 0 Å². The molecular formula is C67H104O12. The highest BCUT2D eigenvalue weighted by atomic mass is 16.7. The fourth-order valence-corrected chi connectivity index (χ4v) is 8.19. The summed E-state index contributed by atoms with van der Waals surface area (Å²) in [5.41, 5.74) is 0. The second-order valence-corrected chi connectivity index (χ2v) is 19.8. The lowest BCUT2D eigenvalue weighted by Gasteiger charge is -2.40. The van der Waals surface area contributed by atoms with Gasteiger partial charge in [0.15, 0.2) is 24.6 Å². The smallest absolute Gasteiger partial charge is 0.335 e. The van der Waals surface area contributed by atoms with Crippen molar-refractivity contribution in [1.82, 2.24) is 0 Å². The van der Waals surface area contributed by atoms with Gasteiger partial charge in [0.25, 0.3) is 0 Å². The van der Waals surface area contributed by atoms with Crippen LogP contribution in [-0.2, 0) is 42.9 Å². The third-order valence-electron chi connectivity index (χ3n) is 12.7. The number of unbranched alkanes of at least 4 members (excludes halogenated alkanes) is 13. The van der Waals surface area contributed by atoms with E-state index in [1.54, 1.807) is 0 Å². The summed E-state index contributed by atoms with van der Waals surface area (Å²) in [4.78, 5) is 51.2. The average Bonchev–Trinajstić information content (AvgIpc) is 3.47. The molecule has 12 nitrogen and oxygen atoms in total. The Labute approximate surface area is 477 Å². The zero-order valence-electron chi connectivity index (χ0n) is 48.8. The van der Waals surface area contributed by atoms with Crippen molar-refractivity contribution >= 4 is 23.9 Å². The monoisotopic (exact) mass is 1100 g/mol. The van der Waals surface area contributed by atoms with E-state index in [2.05, 4.69) is 154 Å². The van der Waals surface area contributed by atoms with Crippen molar-refractivity contribution in [2.75, 3.05) is 13.2 Å². The largest absolute Gasteiger partial charge is 0.479 e. The number of carbonyl (C=O) groups excluding carboxylic acids is 3. The Kier molecular flexibility index (Phi) is 48.7. The number of aliphatic hydroxyl groups is 2. The highest BCUT2D eigenvalue weighted by molar-refractivity contribution is 5.74. The summed E-state index contributed by atoms with van der Waals surface area (Å²) < 4.78 is 28.4. The standard InChI is InChI=1S/C67H104O12/c1-4-7-10-13-16-19-22-25-28-30-33-35-38-41-44-47-50-53-59(68)75-56-58(77-60(69)54-51-48-45-42-39-36-32-27-24-21-18-15-12-9-6-3)57-76-67-65(63(72)62(71)64(79-67)66(73)74)78-61(70)55-52-49-46-43-40-37-34-31-29-26-23-20-17-14-11-8-5-2/h7-12,16-21,25-29,32-33,35,39,42,58,62-65,67,71-72H,4-6,13-15,22-24,30-31,34,36-38,40-41,43-57H2,1-3H3,(H,73,74)/b10-7-,11-8-,12-9-,19-16-,20-17-,21-18-,28-25-,29-26-,32-27-,35-33-,42-39-. The van der Waals surface area contributed by atoms with Gasteiger partial charge in [-0.05, 0) is 128 Å². The van der Waals surface area contributed by atoms with E-state index >= 15 is 0 Å². The lowest BCUT2D eigenvalue weighted by Crippen LogP contribution is -2.61. The van der Waals surface area contributed by atoms with E-state index in [4.69, 9.17) is 23.7 Å². The molecule has 0 aromatic rings. The fourth-order valence-electron chi connectivity index (χ4n) is 8.19. The van der Waals surface area contributed by atoms with Crippen LogP contribution in [0.4, 0.5) is 0 Å². The van der Waals surface area contributed by atoms with Gasteiger partial charge >= 0.3 is 23.9 Å². The second kappa shape index (κ2) is 53.5. The van der Waals surface area contributed by atoms with E-state index in [-0.39, 0.29) is 25.9 Å². The van der Waals surface area contributed by atoms with Crippen LogP contribution in [0.3, 0.4) is 0 Å². The lowest BCUT2D eigenvalue weighted by molar-refractivity contribution is -0.301. The number of esters is 3. The van der Waals surface area contributed by atoms with Crippen LogP contribution in [0.25, 0.3) is 0 Å². The van der Waals surface area contributed by atoms with Crippen LogP contribution in [0, 0.1) is 0 Å². The van der Waals surface area contributed by atoms with Gasteiger partial charge in [0.05, 0.1) is 6.61 Å². The number of carboxylic acid groups (broad SMARTS) is 1. The first-order valence-corrected chi connectivity index (χ1v) is 30.2. The molecule has 1 rings (SSSR count). The van der Waals surface area contributed by atoms with Crippen molar-refractivity contribution in [2.24, 2.45) is 0 Å². The fraction of sp³-hybridized carbons (Fsp3) is 0.612. The third-order valence-corrected chi connectivity index (χ3v) is 12.7. The third kappa shape index (κ3) is 43.4. The summed E-state index contributed by atoms with van der Waals surface area (Å²) in [6.45, 7) is 5.58. The van der Waals surface area contributed by atoms with E-state index < -0.39 is 67.3 Å². The molecule has 0 saturated carbocycles. The van der Waals surface area contributed by atoms with Gasteiger partial charge in [0.2, 0.25) is 0 Å². The predicted molar refractivity (Wildman–Crippen MR) is 321 cm³/mol. The van der Waals surface area contributed by atoms with Crippen molar-refractivity contribution in [2.45, 2.75) is 250 Å². The number of carboxylic acids is 1. The Morgan fingerprint density at radius 2 is 0.759 bits per heavy atom. The first-order valence-electron chi connectivity index (χ1n) is 30.2. The van der Waals surface area contributed by atoms with E-state index in [9.17, 15) is 34.5 Å². The summed E-state index contributed by atoms with van der Waals surface area (Å²) in [6, 6.07) is 0. The average molecular weight is 1100 g/mol. The van der Waals surface area contributed by atoms with Gasteiger partial charge in [-0.1, -0.05) is 199 Å². The Morgan fingerprint density at radius 3 is 1.18 bits per heavy atom. The first-order chi connectivity index (χ1) is 38.6. The Balaban J connectivity index is 2.74. The molecule has 0 spiro atoms. The topological polar surface area (TPSA) is 175 Å². The Morgan fingerprint density at radius 1 is 0.418 bits per heavy atom. The molecule has 1 saturated heterocycles. The van der Waals surface area contributed by atoms with Crippen LogP contribution in [0.15, 0.2) is 134 Å². The van der Waals surface area contributed by atoms with Crippen molar-refractivity contribution in [1.29, 1.82) is 0 Å².